The predicted octanol–water partition coefficient (Wildman–Crippen LogP) is 1.55. The molecule has 0 radical (unpaired) electrons. The van der Waals surface area contributed by atoms with Crippen molar-refractivity contribution < 1.29 is 41.3 Å². The molecule has 190 valence electrons. The number of anilines is 1. The van der Waals surface area contributed by atoms with Crippen LogP contribution in [0.15, 0.2) is 11.0 Å². The Kier molecular flexibility index (Phi) is 8.16. The Morgan fingerprint density at radius 2 is 2.09 bits per heavy atom. The zero-order valence-corrected chi connectivity index (χ0v) is 20.9. The molecule has 2 heterocycles. The number of carbonyl (C=O) groups excluding carboxylic acids is 2. The second kappa shape index (κ2) is 10.5. The summed E-state index contributed by atoms with van der Waals surface area (Å²) < 4.78 is 64.1. The van der Waals surface area contributed by atoms with E-state index < -0.39 is 51.9 Å². The fourth-order valence-corrected chi connectivity index (χ4v) is 5.59. The molecule has 1 aromatic rings. The normalized spacial score (nSPS) is 19.4. The van der Waals surface area contributed by atoms with Gasteiger partial charge in [0.05, 0.1) is 13.2 Å². The van der Waals surface area contributed by atoms with Gasteiger partial charge in [-0.05, 0) is 33.3 Å². The van der Waals surface area contributed by atoms with E-state index >= 15 is 4.39 Å². The molecular weight excluding hydrogens is 493 g/mol. The average Bonchev–Trinajstić information content (AvgIpc) is 2.98. The van der Waals surface area contributed by atoms with Gasteiger partial charge in [0.1, 0.15) is 17.8 Å². The minimum absolute atomic E-state index is 0.0835. The minimum atomic E-state index is -4.30. The molecule has 2 aliphatic heterocycles. The van der Waals surface area contributed by atoms with E-state index in [1.165, 1.54) is 24.9 Å². The van der Waals surface area contributed by atoms with Gasteiger partial charge in [-0.25, -0.2) is 18.2 Å². The van der Waals surface area contributed by atoms with Gasteiger partial charge in [-0.2, -0.15) is 8.42 Å². The van der Waals surface area contributed by atoms with Crippen LogP contribution in [-0.4, -0.2) is 71.5 Å². The first-order valence-corrected chi connectivity index (χ1v) is 12.8. The largest absolute Gasteiger partial charge is 0.465 e. The zero-order valence-electron chi connectivity index (χ0n) is 19.3. The van der Waals surface area contributed by atoms with Crippen LogP contribution in [0.25, 0.3) is 0 Å². The molecule has 0 bridgehead atoms. The number of rotatable bonds is 8. The van der Waals surface area contributed by atoms with Crippen LogP contribution >= 0.6 is 11.8 Å². The van der Waals surface area contributed by atoms with Crippen LogP contribution in [0.3, 0.4) is 0 Å². The first-order valence-electron chi connectivity index (χ1n) is 10.4. The highest BCUT2D eigenvalue weighted by Crippen LogP contribution is 2.43. The third-order valence-electron chi connectivity index (χ3n) is 4.68. The molecule has 0 unspecified atom stereocenters. The fourth-order valence-electron chi connectivity index (χ4n) is 3.31. The summed E-state index contributed by atoms with van der Waals surface area (Å²) in [7, 11) is -2.79. The summed E-state index contributed by atoms with van der Waals surface area (Å²) in [6.07, 6.45) is -0.535. The highest BCUT2D eigenvalue weighted by Gasteiger charge is 2.40. The molecule has 0 aliphatic carbocycles. The van der Waals surface area contributed by atoms with Gasteiger partial charge < -0.3 is 24.3 Å². The van der Waals surface area contributed by atoms with Gasteiger partial charge in [-0.3, -0.25) is 4.79 Å². The molecule has 2 aliphatic rings. The van der Waals surface area contributed by atoms with E-state index in [4.69, 9.17) is 18.9 Å². The van der Waals surface area contributed by atoms with E-state index in [9.17, 15) is 18.0 Å². The van der Waals surface area contributed by atoms with E-state index in [0.29, 0.717) is 21.6 Å². The van der Waals surface area contributed by atoms with Gasteiger partial charge in [0, 0.05) is 29.4 Å². The van der Waals surface area contributed by atoms with Crippen molar-refractivity contribution in [2.24, 2.45) is 0 Å². The number of nitrogens with one attached hydrogen (secondary N) is 2. The smallest absolute Gasteiger partial charge is 0.407 e. The van der Waals surface area contributed by atoms with Crippen LogP contribution in [-0.2, 0) is 35.6 Å². The average molecular weight is 522 g/mol. The van der Waals surface area contributed by atoms with Crippen molar-refractivity contribution in [3.63, 3.8) is 0 Å². The van der Waals surface area contributed by atoms with Gasteiger partial charge in [0.2, 0.25) is 0 Å². The number of amides is 2. The molecule has 2 amide bonds. The lowest BCUT2D eigenvalue weighted by molar-refractivity contribution is -0.117. The maximum atomic E-state index is 15.8. The molecule has 34 heavy (non-hydrogen) atoms. The van der Waals surface area contributed by atoms with Crippen molar-refractivity contribution in [1.82, 2.24) is 10.0 Å². The molecule has 1 atom stereocenters. The molecule has 0 saturated carbocycles. The Balaban J connectivity index is 1.89. The van der Waals surface area contributed by atoms with Crippen LogP contribution in [0.2, 0.25) is 0 Å². The van der Waals surface area contributed by atoms with Crippen molar-refractivity contribution in [2.45, 2.75) is 43.7 Å². The molecule has 11 nitrogen and oxygen atoms in total. The van der Waals surface area contributed by atoms with Crippen LogP contribution in [0.4, 0.5) is 14.9 Å². The van der Waals surface area contributed by atoms with E-state index in [-0.39, 0.29) is 31.1 Å². The molecular formula is C20H28FN3O8S2. The monoisotopic (exact) mass is 521 g/mol. The van der Waals surface area contributed by atoms with Crippen LogP contribution in [0.5, 0.6) is 5.75 Å². The number of hydrogen-bond donors (Lipinski definition) is 2. The van der Waals surface area contributed by atoms with Crippen molar-refractivity contribution in [1.29, 1.82) is 0 Å². The van der Waals surface area contributed by atoms with E-state index in [2.05, 4.69) is 5.32 Å². The topological polar surface area (TPSA) is 132 Å². The lowest BCUT2D eigenvalue weighted by atomic mass is 10.0. The van der Waals surface area contributed by atoms with Gasteiger partial charge in [-0.15, -0.1) is 11.8 Å². The number of thioether (sulfide) groups is 1. The molecule has 1 aromatic carbocycles. The van der Waals surface area contributed by atoms with Gasteiger partial charge in [0.25, 0.3) is 5.91 Å². The summed E-state index contributed by atoms with van der Waals surface area (Å²) >= 11 is 1.28. The summed E-state index contributed by atoms with van der Waals surface area (Å²) in [6, 6.07) is 1.06. The van der Waals surface area contributed by atoms with Gasteiger partial charge >= 0.3 is 16.3 Å². The SMILES string of the molecule is COCCOCOc1cc2c(c(F)c1N1CC(=O)NS1(=O)=O)C[C@H](NC(=O)OC(C)(C)C)CS2. The maximum Gasteiger partial charge on any atom is 0.407 e. The summed E-state index contributed by atoms with van der Waals surface area (Å²) in [6.45, 7) is 4.86. The summed E-state index contributed by atoms with van der Waals surface area (Å²) in [4.78, 5) is 24.5. The summed E-state index contributed by atoms with van der Waals surface area (Å²) in [5.74, 6) is -1.29. The molecule has 0 aromatic heterocycles. The summed E-state index contributed by atoms with van der Waals surface area (Å²) in [5.41, 5.74) is -0.885. The second-order valence-electron chi connectivity index (χ2n) is 8.57. The summed E-state index contributed by atoms with van der Waals surface area (Å²) in [5, 5.41) is 2.71. The van der Waals surface area contributed by atoms with Crippen molar-refractivity contribution in [3.05, 3.63) is 17.4 Å². The molecule has 1 fully saturated rings. The first kappa shape index (κ1) is 26.3. The number of fused-ring (bicyclic) bond motifs is 1. The Labute approximate surface area is 201 Å². The van der Waals surface area contributed by atoms with E-state index in [0.717, 1.165) is 0 Å². The standard InChI is InChI=1S/C20H28FN3O8S2/c1-20(2,3)32-19(26)22-12-7-13-15(33-10-12)8-14(31-11-30-6-5-29-4)18(17(13)21)24-9-16(25)23-34(24,27)28/h8,12H,5-7,9-11H2,1-4H3,(H,22,26)(H,23,25)/t12-/m0/s1. The number of ether oxygens (including phenoxy) is 4. The lowest BCUT2D eigenvalue weighted by Gasteiger charge is -2.29. The number of hydrogen-bond acceptors (Lipinski definition) is 9. The zero-order chi connectivity index (χ0) is 25.1. The Hall–Kier alpha value is -2.29. The van der Waals surface area contributed by atoms with Gasteiger partial charge in [-0.1, -0.05) is 0 Å². The quantitative estimate of drug-likeness (QED) is 0.386. The van der Waals surface area contributed by atoms with E-state index in [1.807, 2.05) is 4.72 Å². The number of carbonyl (C=O) groups is 2. The number of benzene rings is 1. The van der Waals surface area contributed by atoms with Crippen molar-refractivity contribution in [3.8, 4) is 5.75 Å². The lowest BCUT2D eigenvalue weighted by Crippen LogP contribution is -2.43. The molecule has 1 saturated heterocycles. The number of nitrogens with zero attached hydrogens (tertiary/aromatic N) is 1. The van der Waals surface area contributed by atoms with Crippen LogP contribution in [0, 0.1) is 5.82 Å². The van der Waals surface area contributed by atoms with Crippen molar-refractivity contribution >= 4 is 39.7 Å². The Morgan fingerprint density at radius 3 is 2.71 bits per heavy atom. The highest BCUT2D eigenvalue weighted by atomic mass is 32.2. The Bertz CT molecular complexity index is 1050. The molecule has 14 heteroatoms. The minimum Gasteiger partial charge on any atom is -0.465 e. The maximum absolute atomic E-state index is 15.8. The number of alkyl carbamates (subject to hydrolysis) is 1. The molecule has 2 N–H and O–H groups in total. The third kappa shape index (κ3) is 6.43. The van der Waals surface area contributed by atoms with Crippen LogP contribution < -0.4 is 19.1 Å². The number of halogens is 1. The van der Waals surface area contributed by atoms with Gasteiger partial charge in [0.15, 0.2) is 18.4 Å². The third-order valence-corrected chi connectivity index (χ3v) is 7.30. The Morgan fingerprint density at radius 1 is 1.35 bits per heavy atom. The first-order chi connectivity index (χ1) is 15.9. The highest BCUT2D eigenvalue weighted by molar-refractivity contribution is 7.99. The second-order valence-corrected chi connectivity index (χ2v) is 11.2. The number of methoxy groups -OCH3 is 1. The van der Waals surface area contributed by atoms with Crippen LogP contribution in [0.1, 0.15) is 26.3 Å². The molecule has 3 rings (SSSR count). The fraction of sp³-hybridized carbons (Fsp3) is 0.600. The predicted molar refractivity (Wildman–Crippen MR) is 122 cm³/mol. The molecule has 0 spiro atoms. The van der Waals surface area contributed by atoms with Crippen molar-refractivity contribution in [2.75, 3.05) is 43.7 Å². The van der Waals surface area contributed by atoms with E-state index in [1.54, 1.807) is 20.8 Å².